The Balaban J connectivity index is 1.34. The number of aliphatic imine (C=N–C) groups is 2. The lowest BCUT2D eigenvalue weighted by atomic mass is 9.93. The van der Waals surface area contributed by atoms with Gasteiger partial charge in [0.1, 0.15) is 10.8 Å². The van der Waals surface area contributed by atoms with Crippen LogP contribution < -0.4 is 15.4 Å². The zero-order valence-electron chi connectivity index (χ0n) is 20.6. The van der Waals surface area contributed by atoms with Crippen LogP contribution in [0.2, 0.25) is 0 Å². The largest absolute Gasteiger partial charge is 0.477 e. The Morgan fingerprint density at radius 1 is 1.32 bits per heavy atom. The molecule has 1 saturated heterocycles. The van der Waals surface area contributed by atoms with Gasteiger partial charge in [-0.1, -0.05) is 6.92 Å². The lowest BCUT2D eigenvalue weighted by molar-refractivity contribution is -0.144. The van der Waals surface area contributed by atoms with Gasteiger partial charge in [0.25, 0.3) is 11.8 Å². The quantitative estimate of drug-likeness (QED) is 0.491. The highest BCUT2D eigenvalue weighted by molar-refractivity contribution is 7.11. The van der Waals surface area contributed by atoms with Crippen LogP contribution in [0, 0.1) is 12.8 Å². The Bertz CT molecular complexity index is 1200. The van der Waals surface area contributed by atoms with Crippen LogP contribution in [0.25, 0.3) is 0 Å². The summed E-state index contributed by atoms with van der Waals surface area (Å²) in [7, 11) is 0. The minimum absolute atomic E-state index is 0.0808. The van der Waals surface area contributed by atoms with Crippen LogP contribution in [0.4, 0.5) is 32.6 Å². The Hall–Kier alpha value is -3.20. The van der Waals surface area contributed by atoms with E-state index in [1.165, 1.54) is 18.3 Å². The fraction of sp³-hybridized carbons (Fsp3) is 0.522. The van der Waals surface area contributed by atoms with E-state index in [1.54, 1.807) is 11.8 Å². The number of hydrogen-bond donors (Lipinski definition) is 2. The van der Waals surface area contributed by atoms with Gasteiger partial charge in [-0.05, 0) is 44.0 Å². The van der Waals surface area contributed by atoms with Crippen LogP contribution in [0.1, 0.15) is 29.4 Å². The lowest BCUT2D eigenvalue weighted by Gasteiger charge is -2.37. The highest BCUT2D eigenvalue weighted by Crippen LogP contribution is 2.33. The van der Waals surface area contributed by atoms with Crippen LogP contribution in [-0.4, -0.2) is 83.1 Å². The summed E-state index contributed by atoms with van der Waals surface area (Å²) in [4.78, 5) is 26.1. The summed E-state index contributed by atoms with van der Waals surface area (Å²) in [5.41, 5.74) is 0.912. The molecule has 2 aromatic rings. The van der Waals surface area contributed by atoms with Crippen molar-refractivity contribution in [1.29, 1.82) is 0 Å². The summed E-state index contributed by atoms with van der Waals surface area (Å²) in [5.74, 6) is -4.06. The molecular formula is C23H26F5N7O2S. The highest BCUT2D eigenvalue weighted by atomic mass is 32.1. The summed E-state index contributed by atoms with van der Waals surface area (Å²) in [6, 6.07) is 1.09. The van der Waals surface area contributed by atoms with Gasteiger partial charge >= 0.3 is 6.18 Å². The minimum Gasteiger partial charge on any atom is -0.477 e. The van der Waals surface area contributed by atoms with E-state index in [9.17, 15) is 26.7 Å². The Labute approximate surface area is 219 Å². The van der Waals surface area contributed by atoms with Crippen molar-refractivity contribution in [3.8, 4) is 5.88 Å². The van der Waals surface area contributed by atoms with Crippen molar-refractivity contribution in [3.05, 3.63) is 29.6 Å². The van der Waals surface area contributed by atoms with Crippen molar-refractivity contribution in [2.45, 2.75) is 38.4 Å². The molecule has 2 N–H and O–H groups in total. The second-order valence-corrected chi connectivity index (χ2v) is 9.70. The number of ether oxygens (including phenoxy) is 1. The van der Waals surface area contributed by atoms with Gasteiger partial charge in [-0.3, -0.25) is 19.7 Å². The summed E-state index contributed by atoms with van der Waals surface area (Å²) in [6.07, 6.45) is -1.85. The third kappa shape index (κ3) is 6.62. The number of amides is 1. The molecule has 4 heterocycles. The molecule has 9 nitrogen and oxygen atoms in total. The molecule has 15 heteroatoms. The molecule has 0 aliphatic carbocycles. The van der Waals surface area contributed by atoms with E-state index in [2.05, 4.69) is 30.0 Å². The maximum atomic E-state index is 14.4. The average molecular weight is 560 g/mol. The Morgan fingerprint density at radius 3 is 2.71 bits per heavy atom. The van der Waals surface area contributed by atoms with E-state index < -0.39 is 36.5 Å². The van der Waals surface area contributed by atoms with E-state index in [-0.39, 0.29) is 30.4 Å². The number of alkyl halides is 5. The van der Waals surface area contributed by atoms with Crippen LogP contribution in [-0.2, 0) is 0 Å². The number of aryl methyl sites for hydroxylation is 1. The fourth-order valence-corrected chi connectivity index (χ4v) is 4.78. The van der Waals surface area contributed by atoms with Gasteiger partial charge in [0.2, 0.25) is 5.88 Å². The van der Waals surface area contributed by atoms with Gasteiger partial charge in [0, 0.05) is 6.07 Å². The molecule has 0 aromatic carbocycles. The predicted octanol–water partition coefficient (Wildman–Crippen LogP) is 4.28. The summed E-state index contributed by atoms with van der Waals surface area (Å²) >= 11 is 0.952. The molecule has 2 aliphatic heterocycles. The molecule has 2 aliphatic rings. The number of likely N-dealkylation sites (tertiary alicyclic amines) is 1. The van der Waals surface area contributed by atoms with Crippen molar-refractivity contribution in [3.63, 3.8) is 0 Å². The molecular weight excluding hydrogens is 533 g/mol. The van der Waals surface area contributed by atoms with Crippen molar-refractivity contribution < 1.29 is 31.5 Å². The number of piperidine rings is 1. The lowest BCUT2D eigenvalue weighted by Crippen LogP contribution is -2.50. The first-order valence-electron chi connectivity index (χ1n) is 11.8. The molecule has 0 saturated carbocycles. The second-order valence-electron chi connectivity index (χ2n) is 8.92. The zero-order chi connectivity index (χ0) is 27.5. The first-order valence-corrected chi connectivity index (χ1v) is 12.6. The van der Waals surface area contributed by atoms with Crippen LogP contribution in [0.5, 0.6) is 5.88 Å². The predicted molar refractivity (Wildman–Crippen MR) is 134 cm³/mol. The standard InChI is InChI=1S/C23H26F5N7O2S/c1-3-35-7-6-14(22(24,25)12-35)11-37-18-5-4-15(8-31-18)32-20(36)19-13(2)34-38-21(19)33-17-10-29-16(9-30-17)23(26,27)28/h4-5,8,10,14,16H,3,6-7,9,11-12H2,1-2H3,(H,30,33)(H,32,36). The van der Waals surface area contributed by atoms with Gasteiger partial charge in [0.15, 0.2) is 6.04 Å². The number of nitrogens with zero attached hydrogens (tertiary/aromatic N) is 5. The van der Waals surface area contributed by atoms with E-state index in [1.807, 2.05) is 6.92 Å². The third-order valence-corrected chi connectivity index (χ3v) is 7.07. The van der Waals surface area contributed by atoms with Gasteiger partial charge in [-0.25, -0.2) is 13.8 Å². The number of hydrogen-bond acceptors (Lipinski definition) is 9. The maximum absolute atomic E-state index is 14.4. The number of rotatable bonds is 7. The number of anilines is 2. The molecule has 38 heavy (non-hydrogen) atoms. The summed E-state index contributed by atoms with van der Waals surface area (Å²) in [5, 5.41) is 5.77. The van der Waals surface area contributed by atoms with Crippen molar-refractivity contribution in [1.82, 2.24) is 14.3 Å². The van der Waals surface area contributed by atoms with Crippen LogP contribution >= 0.6 is 11.5 Å². The molecule has 1 fully saturated rings. The van der Waals surface area contributed by atoms with E-state index in [4.69, 9.17) is 4.74 Å². The van der Waals surface area contributed by atoms with Gasteiger partial charge in [-0.2, -0.15) is 17.5 Å². The van der Waals surface area contributed by atoms with E-state index in [0.29, 0.717) is 35.9 Å². The normalized spacial score (nSPS) is 21.6. The first kappa shape index (κ1) is 27.8. The Kier molecular flexibility index (Phi) is 8.25. The topological polar surface area (TPSA) is 104 Å². The molecule has 4 rings (SSSR count). The highest BCUT2D eigenvalue weighted by Gasteiger charge is 2.44. The zero-order valence-corrected chi connectivity index (χ0v) is 21.4. The van der Waals surface area contributed by atoms with Gasteiger partial charge in [-0.15, -0.1) is 0 Å². The number of amidine groups is 1. The third-order valence-electron chi connectivity index (χ3n) is 6.22. The number of pyridine rings is 1. The van der Waals surface area contributed by atoms with Gasteiger partial charge in [0.05, 0.1) is 55.0 Å². The Morgan fingerprint density at radius 2 is 2.11 bits per heavy atom. The van der Waals surface area contributed by atoms with E-state index in [0.717, 1.165) is 17.7 Å². The average Bonchev–Trinajstić information content (AvgIpc) is 3.23. The van der Waals surface area contributed by atoms with Crippen molar-refractivity contribution in [2.24, 2.45) is 15.9 Å². The molecule has 2 aromatic heterocycles. The van der Waals surface area contributed by atoms with Gasteiger partial charge < -0.3 is 15.4 Å². The van der Waals surface area contributed by atoms with Crippen molar-refractivity contribution in [2.75, 3.05) is 43.4 Å². The van der Waals surface area contributed by atoms with Crippen LogP contribution in [0.15, 0.2) is 28.3 Å². The number of carbonyl (C=O) groups excluding carboxylic acids is 1. The molecule has 0 spiro atoms. The van der Waals surface area contributed by atoms with E-state index >= 15 is 0 Å². The van der Waals surface area contributed by atoms with Crippen molar-refractivity contribution >= 4 is 40.2 Å². The molecule has 2 unspecified atom stereocenters. The number of halogens is 5. The number of carbonyl (C=O) groups is 1. The molecule has 2 atom stereocenters. The molecule has 0 radical (unpaired) electrons. The molecule has 0 bridgehead atoms. The summed E-state index contributed by atoms with van der Waals surface area (Å²) in [6.45, 7) is 3.59. The SMILES string of the molecule is CCN1CCC(COc2ccc(NC(=O)c3c(C)nsc3NC3=NCC(C(F)(F)F)N=C3)cn2)C(F)(F)C1. The second kappa shape index (κ2) is 11.3. The molecule has 206 valence electrons. The minimum atomic E-state index is -4.48. The monoisotopic (exact) mass is 559 g/mol. The maximum Gasteiger partial charge on any atom is 0.412 e. The fourth-order valence-electron chi connectivity index (χ4n) is 3.98. The first-order chi connectivity index (χ1) is 18.0. The molecule has 1 amide bonds. The smallest absolute Gasteiger partial charge is 0.412 e. The summed E-state index contributed by atoms with van der Waals surface area (Å²) < 4.78 is 76.7. The number of nitrogens with one attached hydrogen (secondary N) is 2. The van der Waals surface area contributed by atoms with Crippen LogP contribution in [0.3, 0.4) is 0 Å². The number of aromatic nitrogens is 2.